The molecule has 0 saturated carbocycles. The number of carbonyl (C=O) groups is 3. The number of nitrogens with zero attached hydrogens (tertiary/aromatic N) is 3. The molecule has 1 atom stereocenters. The molecule has 11 heteroatoms. The van der Waals surface area contributed by atoms with Gasteiger partial charge in [0.25, 0.3) is 0 Å². The van der Waals surface area contributed by atoms with Gasteiger partial charge in [-0.15, -0.1) is 4.48 Å². The maximum absolute atomic E-state index is 12.5. The molecule has 190 valence electrons. The highest BCUT2D eigenvalue weighted by molar-refractivity contribution is 6.36. The van der Waals surface area contributed by atoms with E-state index in [1.807, 2.05) is 0 Å². The minimum atomic E-state index is -1.18. The van der Waals surface area contributed by atoms with E-state index in [9.17, 15) is 19.5 Å². The summed E-state index contributed by atoms with van der Waals surface area (Å²) in [5.41, 5.74) is -0.146. The molecule has 9 nitrogen and oxygen atoms in total. The number of benzene rings is 2. The van der Waals surface area contributed by atoms with E-state index in [2.05, 4.69) is 4.99 Å². The van der Waals surface area contributed by atoms with Crippen LogP contribution in [0.15, 0.2) is 59.9 Å². The Morgan fingerprint density at radius 3 is 2.33 bits per heavy atom. The number of hydrogen-bond acceptors (Lipinski definition) is 6. The van der Waals surface area contributed by atoms with Gasteiger partial charge in [0.15, 0.2) is 5.69 Å². The Morgan fingerprint density at radius 2 is 1.75 bits per heavy atom. The average Bonchev–Trinajstić information content (AvgIpc) is 3.21. The van der Waals surface area contributed by atoms with Crippen molar-refractivity contribution in [2.45, 2.75) is 32.8 Å². The third-order valence-corrected chi connectivity index (χ3v) is 5.75. The van der Waals surface area contributed by atoms with E-state index in [1.165, 1.54) is 59.8 Å². The van der Waals surface area contributed by atoms with Crippen molar-refractivity contribution in [2.24, 2.45) is 4.99 Å². The zero-order valence-corrected chi connectivity index (χ0v) is 21.7. The molecule has 36 heavy (non-hydrogen) atoms. The lowest BCUT2D eigenvalue weighted by atomic mass is 10.2. The summed E-state index contributed by atoms with van der Waals surface area (Å²) < 4.78 is 10.0. The standard InChI is InChI=1S/C25H25Cl2N3O6/c1-25(2,3)36-23(32)29(4)13-11-21-28-12-14-30(21,24(33)34)17-6-8-18(9-7-17)35-22(31)19-10-5-16(26)15-20(19)27/h5-10,12,14-15H,11,13H2,1-4H3/p+1. The molecular formula is C25H26Cl2N3O6+. The van der Waals surface area contributed by atoms with Crippen LogP contribution in [0.5, 0.6) is 5.75 Å². The van der Waals surface area contributed by atoms with Crippen LogP contribution in [0.1, 0.15) is 37.6 Å². The second-order valence-corrected chi connectivity index (χ2v) is 9.85. The molecule has 0 spiro atoms. The zero-order chi connectivity index (χ0) is 26.7. The van der Waals surface area contributed by atoms with E-state index in [-0.39, 0.29) is 29.3 Å². The van der Waals surface area contributed by atoms with E-state index in [0.717, 1.165) is 0 Å². The van der Waals surface area contributed by atoms with E-state index in [0.29, 0.717) is 16.5 Å². The molecule has 1 unspecified atom stereocenters. The first-order valence-corrected chi connectivity index (χ1v) is 11.7. The fourth-order valence-corrected chi connectivity index (χ4v) is 3.91. The van der Waals surface area contributed by atoms with Crippen molar-refractivity contribution in [1.29, 1.82) is 0 Å². The zero-order valence-electron chi connectivity index (χ0n) is 20.2. The van der Waals surface area contributed by atoms with Gasteiger partial charge in [-0.1, -0.05) is 23.2 Å². The predicted octanol–water partition coefficient (Wildman–Crippen LogP) is 6.34. The van der Waals surface area contributed by atoms with Crippen LogP contribution in [0.4, 0.5) is 15.3 Å². The Hall–Kier alpha value is -3.40. The lowest BCUT2D eigenvalue weighted by Crippen LogP contribution is -2.52. The second kappa shape index (κ2) is 10.7. The minimum absolute atomic E-state index is 0.144. The lowest BCUT2D eigenvalue weighted by molar-refractivity contribution is 0.0302. The SMILES string of the molecule is CN(CCC1=NC=C[N+]1(C(=O)O)c1ccc(OC(=O)c2ccc(Cl)cc2Cl)cc1)C(=O)OC(C)(C)C. The molecule has 0 aliphatic carbocycles. The van der Waals surface area contributed by atoms with E-state index in [1.54, 1.807) is 27.8 Å². The summed E-state index contributed by atoms with van der Waals surface area (Å²) in [7, 11) is 1.57. The smallest absolute Gasteiger partial charge is 0.444 e. The summed E-state index contributed by atoms with van der Waals surface area (Å²) in [4.78, 5) is 42.8. The van der Waals surface area contributed by atoms with Crippen molar-refractivity contribution in [1.82, 2.24) is 9.38 Å². The summed E-state index contributed by atoms with van der Waals surface area (Å²) in [5, 5.41) is 10.7. The first-order chi connectivity index (χ1) is 16.8. The van der Waals surface area contributed by atoms with Crippen LogP contribution in [0, 0.1) is 0 Å². The van der Waals surface area contributed by atoms with E-state index < -0.39 is 28.2 Å². The number of amides is 2. The summed E-state index contributed by atoms with van der Waals surface area (Å²) in [6.07, 6.45) is 1.32. The van der Waals surface area contributed by atoms with Crippen molar-refractivity contribution in [3.05, 3.63) is 70.5 Å². The lowest BCUT2D eigenvalue weighted by Gasteiger charge is -2.28. The maximum atomic E-state index is 12.5. The van der Waals surface area contributed by atoms with Gasteiger partial charge in [-0.3, -0.25) is 0 Å². The van der Waals surface area contributed by atoms with Crippen molar-refractivity contribution >= 4 is 52.9 Å². The molecule has 1 aliphatic heterocycles. The number of ether oxygens (including phenoxy) is 2. The summed E-state index contributed by atoms with van der Waals surface area (Å²) >= 11 is 11.9. The largest absolute Gasteiger partial charge is 0.529 e. The van der Waals surface area contributed by atoms with E-state index >= 15 is 0 Å². The fourth-order valence-electron chi connectivity index (χ4n) is 3.42. The Labute approximate surface area is 218 Å². The van der Waals surface area contributed by atoms with Crippen LogP contribution in [-0.2, 0) is 4.74 Å². The monoisotopic (exact) mass is 534 g/mol. The number of esters is 1. The number of hydrogen-bond donors (Lipinski definition) is 1. The third-order valence-electron chi connectivity index (χ3n) is 5.20. The van der Waals surface area contributed by atoms with Crippen molar-refractivity contribution in [3.63, 3.8) is 0 Å². The van der Waals surface area contributed by atoms with Gasteiger partial charge >= 0.3 is 18.2 Å². The highest BCUT2D eigenvalue weighted by Crippen LogP contribution is 2.32. The number of aliphatic imine (C=N–C) groups is 1. The highest BCUT2D eigenvalue weighted by atomic mass is 35.5. The molecule has 1 heterocycles. The number of quaternary nitrogens is 1. The molecule has 0 bridgehead atoms. The fraction of sp³-hybridized carbons (Fsp3) is 0.280. The van der Waals surface area contributed by atoms with Crippen LogP contribution in [0.3, 0.4) is 0 Å². The van der Waals surface area contributed by atoms with Gasteiger partial charge in [-0.05, 0) is 51.1 Å². The number of carboxylic acid groups (broad SMARTS) is 1. The number of amidine groups is 1. The van der Waals surface area contributed by atoms with Gasteiger partial charge in [0, 0.05) is 30.7 Å². The van der Waals surface area contributed by atoms with Gasteiger partial charge < -0.3 is 19.5 Å². The Bertz CT molecular complexity index is 1240. The average molecular weight is 535 g/mol. The van der Waals surface area contributed by atoms with E-state index in [4.69, 9.17) is 32.7 Å². The molecule has 0 radical (unpaired) electrons. The van der Waals surface area contributed by atoms with Crippen LogP contribution < -0.4 is 9.22 Å². The summed E-state index contributed by atoms with van der Waals surface area (Å²) in [5.74, 6) is -0.180. The molecule has 2 aromatic carbocycles. The van der Waals surface area contributed by atoms with Gasteiger partial charge in [0.05, 0.1) is 23.2 Å². The summed E-state index contributed by atoms with van der Waals surface area (Å²) in [6, 6.07) is 10.4. The Kier molecular flexibility index (Phi) is 8.08. The number of halogens is 2. The molecule has 0 aromatic heterocycles. The van der Waals surface area contributed by atoms with Crippen molar-refractivity contribution in [2.75, 3.05) is 13.6 Å². The predicted molar refractivity (Wildman–Crippen MR) is 138 cm³/mol. The summed E-state index contributed by atoms with van der Waals surface area (Å²) in [6.45, 7) is 5.49. The molecule has 0 fully saturated rings. The molecule has 2 amide bonds. The van der Waals surface area contributed by atoms with Crippen LogP contribution >= 0.6 is 23.2 Å². The Morgan fingerprint density at radius 1 is 1.08 bits per heavy atom. The maximum Gasteiger partial charge on any atom is 0.529 e. The normalized spacial score (nSPS) is 16.9. The molecule has 1 aliphatic rings. The van der Waals surface area contributed by atoms with Crippen LogP contribution in [0.2, 0.25) is 10.0 Å². The van der Waals surface area contributed by atoms with Gasteiger partial charge in [-0.2, -0.15) is 4.79 Å². The van der Waals surface area contributed by atoms with Gasteiger partial charge in [-0.25, -0.2) is 14.6 Å². The van der Waals surface area contributed by atoms with Crippen LogP contribution in [0.25, 0.3) is 0 Å². The first-order valence-electron chi connectivity index (χ1n) is 10.9. The topological polar surface area (TPSA) is 106 Å². The van der Waals surface area contributed by atoms with Crippen LogP contribution in [-0.4, -0.2) is 53.2 Å². The van der Waals surface area contributed by atoms with Gasteiger partial charge in [0.2, 0.25) is 5.84 Å². The Balaban J connectivity index is 1.75. The molecule has 0 saturated heterocycles. The minimum Gasteiger partial charge on any atom is -0.444 e. The molecule has 1 N–H and O–H groups in total. The van der Waals surface area contributed by atoms with Crippen molar-refractivity contribution < 1.29 is 29.0 Å². The number of rotatable bonds is 6. The third kappa shape index (κ3) is 6.04. The number of carbonyl (C=O) groups excluding carboxylic acids is 2. The molecule has 3 rings (SSSR count). The highest BCUT2D eigenvalue weighted by Gasteiger charge is 2.46. The van der Waals surface area contributed by atoms with Gasteiger partial charge in [0.1, 0.15) is 17.6 Å². The second-order valence-electron chi connectivity index (χ2n) is 9.01. The van der Waals surface area contributed by atoms with Crippen molar-refractivity contribution in [3.8, 4) is 5.75 Å². The molecule has 2 aromatic rings. The molecular weight excluding hydrogens is 509 g/mol. The first kappa shape index (κ1) is 27.2. The quantitative estimate of drug-likeness (QED) is 0.263.